The summed E-state index contributed by atoms with van der Waals surface area (Å²) in [6, 6.07) is 10.7. The summed E-state index contributed by atoms with van der Waals surface area (Å²) in [6.07, 6.45) is 3.69. The molecule has 0 bridgehead atoms. The number of phosphoric acid groups is 1. The van der Waals surface area contributed by atoms with Crippen molar-refractivity contribution < 1.29 is 28.7 Å². The van der Waals surface area contributed by atoms with E-state index in [0.717, 1.165) is 10.5 Å². The molecule has 0 heterocycles. The van der Waals surface area contributed by atoms with Crippen LogP contribution < -0.4 is 10.5 Å². The molecule has 0 aliphatic rings. The van der Waals surface area contributed by atoms with E-state index in [4.69, 9.17) is 31.9 Å². The summed E-state index contributed by atoms with van der Waals surface area (Å²) >= 11 is 7.85. The Labute approximate surface area is 197 Å². The van der Waals surface area contributed by atoms with Gasteiger partial charge >= 0.3 is 7.82 Å². The lowest BCUT2D eigenvalue weighted by molar-refractivity contribution is 0.142. The van der Waals surface area contributed by atoms with E-state index in [1.807, 2.05) is 25.1 Å². The molecule has 176 valence electrons. The summed E-state index contributed by atoms with van der Waals surface area (Å²) in [6.45, 7) is 5.82. The fraction of sp³-hybridized carbons (Fsp3) is 0.364. The molecule has 5 N–H and O–H groups in total. The molecule has 2 rings (SSSR count). The van der Waals surface area contributed by atoms with E-state index in [9.17, 15) is 9.67 Å². The Bertz CT molecular complexity index is 969. The summed E-state index contributed by atoms with van der Waals surface area (Å²) in [7, 11) is -4.62. The van der Waals surface area contributed by atoms with Crippen LogP contribution in [-0.2, 0) is 15.5 Å². The van der Waals surface area contributed by atoms with Gasteiger partial charge in [0.15, 0.2) is 0 Å². The van der Waals surface area contributed by atoms with Crippen molar-refractivity contribution in [3.05, 3.63) is 59.6 Å². The zero-order chi connectivity index (χ0) is 23.8. The minimum absolute atomic E-state index is 0.152. The van der Waals surface area contributed by atoms with Gasteiger partial charge in [0, 0.05) is 15.5 Å². The first-order valence-corrected chi connectivity index (χ1v) is 12.8. The highest BCUT2D eigenvalue weighted by Crippen LogP contribution is 2.39. The van der Waals surface area contributed by atoms with Gasteiger partial charge in [0.05, 0.1) is 18.1 Å². The van der Waals surface area contributed by atoms with E-state index in [1.54, 1.807) is 24.3 Å². The fourth-order valence-electron chi connectivity index (χ4n) is 3.01. The normalized spacial score (nSPS) is 13.5. The maximum Gasteiger partial charge on any atom is 0.469 e. The van der Waals surface area contributed by atoms with Crippen LogP contribution in [0.3, 0.4) is 0 Å². The second-order valence-corrected chi connectivity index (χ2v) is 10.1. The lowest BCUT2D eigenvalue weighted by Crippen LogP contribution is -2.44. The highest BCUT2D eigenvalue weighted by atomic mass is 35.5. The third-order valence-corrected chi connectivity index (χ3v) is 6.61. The number of ether oxygens (including phenoxy) is 1. The largest absolute Gasteiger partial charge is 0.507 e. The number of phenols is 1. The molecule has 0 unspecified atom stereocenters. The van der Waals surface area contributed by atoms with Crippen LogP contribution in [0.5, 0.6) is 11.5 Å². The number of rotatable bonds is 13. The average Bonchev–Trinajstić information content (AvgIpc) is 2.72. The molecule has 0 radical (unpaired) electrons. The van der Waals surface area contributed by atoms with Gasteiger partial charge in [-0.1, -0.05) is 35.5 Å². The van der Waals surface area contributed by atoms with Crippen LogP contribution >= 0.6 is 31.2 Å². The molecule has 7 nitrogen and oxygen atoms in total. The molecule has 0 aliphatic carbocycles. The SMILES string of the molecule is C=CCC[C@](N)(CCc1ccc(Sc2cc(OCC)ccc2O)cc1Cl)COP(=O)(O)O. The Balaban J connectivity index is 2.09. The van der Waals surface area contributed by atoms with Gasteiger partial charge in [0.25, 0.3) is 0 Å². The van der Waals surface area contributed by atoms with Crippen molar-refractivity contribution in [1.82, 2.24) is 0 Å². The van der Waals surface area contributed by atoms with Gasteiger partial charge in [0.2, 0.25) is 0 Å². The molecule has 0 aliphatic heterocycles. The lowest BCUT2D eigenvalue weighted by Gasteiger charge is -2.29. The zero-order valence-corrected chi connectivity index (χ0v) is 20.3. The van der Waals surface area contributed by atoms with Gasteiger partial charge in [-0.3, -0.25) is 4.52 Å². The summed E-state index contributed by atoms with van der Waals surface area (Å²) in [4.78, 5) is 19.5. The predicted molar refractivity (Wildman–Crippen MR) is 128 cm³/mol. The number of aryl methyl sites for hydroxylation is 1. The second kappa shape index (κ2) is 12.1. The van der Waals surface area contributed by atoms with E-state index in [1.165, 1.54) is 11.8 Å². The van der Waals surface area contributed by atoms with Crippen LogP contribution in [0.4, 0.5) is 0 Å². The number of benzene rings is 2. The van der Waals surface area contributed by atoms with Crippen LogP contribution in [0, 0.1) is 0 Å². The maximum absolute atomic E-state index is 11.1. The number of aromatic hydroxyl groups is 1. The third-order valence-electron chi connectivity index (χ3n) is 4.75. The molecule has 0 fully saturated rings. The van der Waals surface area contributed by atoms with Crippen molar-refractivity contribution in [3.63, 3.8) is 0 Å². The van der Waals surface area contributed by atoms with Crippen LogP contribution in [0.15, 0.2) is 58.8 Å². The Kier molecular flexibility index (Phi) is 10.1. The van der Waals surface area contributed by atoms with E-state index in [-0.39, 0.29) is 12.4 Å². The van der Waals surface area contributed by atoms with Crippen LogP contribution in [0.25, 0.3) is 0 Å². The molecule has 0 amide bonds. The first-order chi connectivity index (χ1) is 15.0. The maximum atomic E-state index is 11.1. The van der Waals surface area contributed by atoms with Crippen molar-refractivity contribution in [3.8, 4) is 11.5 Å². The molecule has 2 aromatic rings. The van der Waals surface area contributed by atoms with E-state index in [0.29, 0.717) is 48.0 Å². The number of halogens is 1. The highest BCUT2D eigenvalue weighted by molar-refractivity contribution is 7.99. The Morgan fingerprint density at radius 2 is 2.00 bits per heavy atom. The molecule has 0 saturated carbocycles. The smallest absolute Gasteiger partial charge is 0.469 e. The molecule has 2 aromatic carbocycles. The van der Waals surface area contributed by atoms with Gasteiger partial charge in [-0.25, -0.2) is 4.57 Å². The zero-order valence-electron chi connectivity index (χ0n) is 17.9. The molecule has 1 atom stereocenters. The third kappa shape index (κ3) is 8.79. The topological polar surface area (TPSA) is 122 Å². The highest BCUT2D eigenvalue weighted by Gasteiger charge is 2.28. The number of hydrogen-bond acceptors (Lipinski definition) is 6. The van der Waals surface area contributed by atoms with Crippen molar-refractivity contribution >= 4 is 31.2 Å². The average molecular weight is 502 g/mol. The minimum atomic E-state index is -4.62. The first-order valence-electron chi connectivity index (χ1n) is 10.1. The van der Waals surface area contributed by atoms with Crippen molar-refractivity contribution in [2.24, 2.45) is 5.73 Å². The molecule has 10 heteroatoms. The van der Waals surface area contributed by atoms with Gasteiger partial charge in [-0.15, -0.1) is 6.58 Å². The molecular weight excluding hydrogens is 473 g/mol. The standard InChI is InChI=1S/C22H29ClNO6PS/c1-3-5-11-22(24,15-30-31(26,27)28)12-10-16-6-8-18(14-19(16)23)32-21-13-17(29-4-2)7-9-20(21)25/h3,6-9,13-14,25H,1,4-5,10-12,15,24H2,2H3,(H2,26,27,28)/t22-/m0/s1. The first kappa shape index (κ1) is 26.7. The van der Waals surface area contributed by atoms with Gasteiger partial charge in [0.1, 0.15) is 11.5 Å². The monoisotopic (exact) mass is 501 g/mol. The summed E-state index contributed by atoms with van der Waals surface area (Å²) in [5.41, 5.74) is 6.30. The predicted octanol–water partition coefficient (Wildman–Crippen LogP) is 5.30. The molecular formula is C22H29ClNO6PS. The van der Waals surface area contributed by atoms with Gasteiger partial charge in [-0.2, -0.15) is 0 Å². The van der Waals surface area contributed by atoms with E-state index >= 15 is 0 Å². The fourth-order valence-corrected chi connectivity index (χ4v) is 4.69. The number of hydrogen-bond donors (Lipinski definition) is 4. The number of phenolic OH excluding ortho intramolecular Hbond substituents is 1. The summed E-state index contributed by atoms with van der Waals surface area (Å²) in [5.74, 6) is 0.825. The number of nitrogens with two attached hydrogens (primary N) is 1. The number of phosphoric ester groups is 1. The quantitative estimate of drug-likeness (QED) is 0.215. The Morgan fingerprint density at radius 3 is 2.62 bits per heavy atom. The van der Waals surface area contributed by atoms with E-state index < -0.39 is 13.4 Å². The van der Waals surface area contributed by atoms with Gasteiger partial charge in [-0.05, 0) is 68.5 Å². The lowest BCUT2D eigenvalue weighted by atomic mass is 9.88. The molecule has 0 aromatic heterocycles. The van der Waals surface area contributed by atoms with Crippen LogP contribution in [0.2, 0.25) is 5.02 Å². The minimum Gasteiger partial charge on any atom is -0.507 e. The van der Waals surface area contributed by atoms with Crippen molar-refractivity contribution in [1.29, 1.82) is 0 Å². The molecule has 0 spiro atoms. The molecule has 0 saturated heterocycles. The van der Waals surface area contributed by atoms with Crippen molar-refractivity contribution in [2.45, 2.75) is 47.9 Å². The Hall–Kier alpha value is -1.51. The van der Waals surface area contributed by atoms with Crippen LogP contribution in [-0.4, -0.2) is 33.6 Å². The summed E-state index contributed by atoms with van der Waals surface area (Å²) in [5, 5.41) is 10.7. The number of allylic oxidation sites excluding steroid dienone is 1. The second-order valence-electron chi connectivity index (χ2n) is 7.37. The summed E-state index contributed by atoms with van der Waals surface area (Å²) < 4.78 is 21.3. The molecule has 32 heavy (non-hydrogen) atoms. The van der Waals surface area contributed by atoms with E-state index in [2.05, 4.69) is 11.1 Å². The van der Waals surface area contributed by atoms with Crippen LogP contribution in [0.1, 0.15) is 31.7 Å². The van der Waals surface area contributed by atoms with Crippen molar-refractivity contribution in [2.75, 3.05) is 13.2 Å². The van der Waals surface area contributed by atoms with Gasteiger partial charge < -0.3 is 25.4 Å². The Morgan fingerprint density at radius 1 is 1.25 bits per heavy atom.